The van der Waals surface area contributed by atoms with Crippen molar-refractivity contribution in [1.29, 1.82) is 0 Å². The van der Waals surface area contributed by atoms with Gasteiger partial charge in [0.25, 0.3) is 11.8 Å². The van der Waals surface area contributed by atoms with E-state index >= 15 is 0 Å². The predicted molar refractivity (Wildman–Crippen MR) is 101 cm³/mol. The number of hydrogen-bond donors (Lipinski definition) is 2. The van der Waals surface area contributed by atoms with Crippen LogP contribution in [0, 0.1) is 5.82 Å². The molecule has 0 saturated carbocycles. The molecule has 1 heterocycles. The smallest absolute Gasteiger partial charge is 0.375 e. The first-order valence-corrected chi connectivity index (χ1v) is 8.66. The number of carbonyl (C=O) groups is 3. The molecule has 3 rings (SSSR count). The van der Waals surface area contributed by atoms with Crippen LogP contribution in [0.3, 0.4) is 0 Å². The van der Waals surface area contributed by atoms with Gasteiger partial charge in [0.1, 0.15) is 11.6 Å². The zero-order chi connectivity index (χ0) is 20.8. The lowest BCUT2D eigenvalue weighted by atomic mass is 10.1. The van der Waals surface area contributed by atoms with Crippen molar-refractivity contribution in [3.05, 3.63) is 83.9 Å². The molecule has 0 fully saturated rings. The van der Waals surface area contributed by atoms with Crippen molar-refractivity contribution in [1.82, 2.24) is 10.9 Å². The van der Waals surface area contributed by atoms with Gasteiger partial charge in [-0.2, -0.15) is 0 Å². The van der Waals surface area contributed by atoms with E-state index in [1.807, 2.05) is 0 Å². The van der Waals surface area contributed by atoms with Crippen LogP contribution in [0.15, 0.2) is 71.1 Å². The second-order valence-electron chi connectivity index (χ2n) is 6.00. The second-order valence-corrected chi connectivity index (χ2v) is 6.00. The fraction of sp³-hybridized carbons (Fsp3) is 0.0952. The Hall–Kier alpha value is -3.94. The number of ether oxygens (including phenoxy) is 1. The van der Waals surface area contributed by atoms with Crippen LogP contribution in [0.2, 0.25) is 0 Å². The van der Waals surface area contributed by atoms with Crippen LogP contribution in [0.5, 0.6) is 0 Å². The lowest BCUT2D eigenvalue weighted by Gasteiger charge is -2.13. The summed E-state index contributed by atoms with van der Waals surface area (Å²) in [5, 5.41) is 0. The van der Waals surface area contributed by atoms with Crippen LogP contribution >= 0.6 is 0 Å². The van der Waals surface area contributed by atoms with Crippen molar-refractivity contribution in [2.75, 3.05) is 0 Å². The summed E-state index contributed by atoms with van der Waals surface area (Å²) in [5.74, 6) is -2.67. The molecule has 1 aromatic heterocycles. The van der Waals surface area contributed by atoms with E-state index in [0.717, 1.165) is 0 Å². The van der Waals surface area contributed by atoms with Crippen LogP contribution in [0.25, 0.3) is 11.3 Å². The average molecular weight is 396 g/mol. The Kier molecular flexibility index (Phi) is 6.03. The Labute approximate surface area is 165 Å². The highest BCUT2D eigenvalue weighted by atomic mass is 19.1. The van der Waals surface area contributed by atoms with Gasteiger partial charge in [-0.15, -0.1) is 0 Å². The first-order valence-electron chi connectivity index (χ1n) is 8.66. The molecule has 0 radical (unpaired) electrons. The summed E-state index contributed by atoms with van der Waals surface area (Å²) in [6, 6.07) is 17.0. The topological polar surface area (TPSA) is 97.6 Å². The van der Waals surface area contributed by atoms with Gasteiger partial charge >= 0.3 is 5.97 Å². The van der Waals surface area contributed by atoms with E-state index in [-0.39, 0.29) is 17.1 Å². The molecular formula is C21H17FN2O5. The maximum Gasteiger partial charge on any atom is 0.375 e. The highest BCUT2D eigenvalue weighted by Gasteiger charge is 2.22. The molecule has 2 amide bonds. The third-order valence-corrected chi connectivity index (χ3v) is 3.93. The molecule has 1 atom stereocenters. The van der Waals surface area contributed by atoms with Crippen molar-refractivity contribution in [3.63, 3.8) is 0 Å². The van der Waals surface area contributed by atoms with Crippen molar-refractivity contribution in [3.8, 4) is 11.3 Å². The van der Waals surface area contributed by atoms with Gasteiger partial charge in [0.2, 0.25) is 5.76 Å². The highest BCUT2D eigenvalue weighted by molar-refractivity contribution is 5.96. The molecule has 7 nitrogen and oxygen atoms in total. The quantitative estimate of drug-likeness (QED) is 0.510. The van der Waals surface area contributed by atoms with Crippen LogP contribution in [0.1, 0.15) is 27.8 Å². The van der Waals surface area contributed by atoms with Crippen molar-refractivity contribution >= 4 is 17.8 Å². The summed E-state index contributed by atoms with van der Waals surface area (Å²) in [5.41, 5.74) is 4.96. The Bertz CT molecular complexity index is 1030. The highest BCUT2D eigenvalue weighted by Crippen LogP contribution is 2.25. The lowest BCUT2D eigenvalue weighted by Crippen LogP contribution is -2.46. The van der Waals surface area contributed by atoms with Gasteiger partial charge in [-0.25, -0.2) is 9.18 Å². The molecule has 0 aliphatic rings. The van der Waals surface area contributed by atoms with Crippen LogP contribution < -0.4 is 10.9 Å². The SMILES string of the molecule is C[C@H](OC(=O)c1ccc(-c2ccccc2F)o1)C(=O)NNC(=O)c1ccccc1. The summed E-state index contributed by atoms with van der Waals surface area (Å²) >= 11 is 0. The van der Waals surface area contributed by atoms with Crippen molar-refractivity contribution in [2.45, 2.75) is 13.0 Å². The standard InChI is InChI=1S/C21H17FN2O5/c1-13(19(25)23-24-20(26)14-7-3-2-4-8-14)28-21(27)18-12-11-17(29-18)15-9-5-6-10-16(15)22/h2-13H,1H3,(H,23,25)(H,24,26)/t13-/m0/s1. The van der Waals surface area contributed by atoms with Gasteiger partial charge in [0, 0.05) is 5.56 Å². The molecule has 29 heavy (non-hydrogen) atoms. The summed E-state index contributed by atoms with van der Waals surface area (Å²) in [6.45, 7) is 1.34. The number of halogens is 1. The average Bonchev–Trinajstić information content (AvgIpc) is 3.22. The molecule has 2 N–H and O–H groups in total. The number of rotatable bonds is 5. The molecule has 0 aliphatic heterocycles. The number of hydrazine groups is 1. The van der Waals surface area contributed by atoms with E-state index in [9.17, 15) is 18.8 Å². The summed E-state index contributed by atoms with van der Waals surface area (Å²) in [6.07, 6.45) is -1.21. The molecule has 0 aliphatic carbocycles. The van der Waals surface area contributed by atoms with E-state index in [1.54, 1.807) is 36.4 Å². The van der Waals surface area contributed by atoms with Gasteiger partial charge in [-0.1, -0.05) is 30.3 Å². The third kappa shape index (κ3) is 4.86. The van der Waals surface area contributed by atoms with Crippen LogP contribution in [0.4, 0.5) is 4.39 Å². The Morgan fingerprint density at radius 3 is 2.34 bits per heavy atom. The minimum absolute atomic E-state index is 0.155. The molecule has 3 aromatic rings. The monoisotopic (exact) mass is 396 g/mol. The number of hydrogen-bond acceptors (Lipinski definition) is 5. The Morgan fingerprint density at radius 1 is 0.931 bits per heavy atom. The van der Waals surface area contributed by atoms with E-state index in [0.29, 0.717) is 5.56 Å². The minimum Gasteiger partial charge on any atom is -0.449 e. The van der Waals surface area contributed by atoms with E-state index < -0.39 is 29.7 Å². The zero-order valence-corrected chi connectivity index (χ0v) is 15.3. The number of nitrogens with one attached hydrogen (secondary N) is 2. The van der Waals surface area contributed by atoms with Crippen molar-refractivity contribution in [2.24, 2.45) is 0 Å². The van der Waals surface area contributed by atoms with E-state index in [2.05, 4.69) is 10.9 Å². The first-order chi connectivity index (χ1) is 14.0. The minimum atomic E-state index is -1.21. The molecule has 8 heteroatoms. The zero-order valence-electron chi connectivity index (χ0n) is 15.3. The summed E-state index contributed by atoms with van der Waals surface area (Å²) in [7, 11) is 0. The molecule has 2 aromatic carbocycles. The van der Waals surface area contributed by atoms with Crippen LogP contribution in [-0.4, -0.2) is 23.9 Å². The second kappa shape index (κ2) is 8.83. The van der Waals surface area contributed by atoms with E-state index in [4.69, 9.17) is 9.15 Å². The molecule has 0 spiro atoms. The lowest BCUT2D eigenvalue weighted by molar-refractivity contribution is -0.129. The summed E-state index contributed by atoms with van der Waals surface area (Å²) < 4.78 is 24.2. The van der Waals surface area contributed by atoms with Gasteiger partial charge in [0.15, 0.2) is 6.10 Å². The van der Waals surface area contributed by atoms with Gasteiger partial charge in [-0.3, -0.25) is 20.4 Å². The molecule has 0 unspecified atom stereocenters. The fourth-order valence-electron chi connectivity index (χ4n) is 2.41. The first kappa shape index (κ1) is 19.8. The maximum atomic E-state index is 13.8. The van der Waals surface area contributed by atoms with Crippen LogP contribution in [-0.2, 0) is 9.53 Å². The summed E-state index contributed by atoms with van der Waals surface area (Å²) in [4.78, 5) is 36.1. The third-order valence-electron chi connectivity index (χ3n) is 3.93. The molecule has 0 saturated heterocycles. The largest absolute Gasteiger partial charge is 0.449 e. The number of esters is 1. The van der Waals surface area contributed by atoms with E-state index in [1.165, 1.54) is 37.3 Å². The fourth-order valence-corrected chi connectivity index (χ4v) is 2.41. The molecule has 0 bridgehead atoms. The number of carbonyl (C=O) groups excluding carboxylic acids is 3. The van der Waals surface area contributed by atoms with Crippen molar-refractivity contribution < 1.29 is 27.9 Å². The van der Waals surface area contributed by atoms with Gasteiger partial charge < -0.3 is 9.15 Å². The molecule has 148 valence electrons. The normalized spacial score (nSPS) is 11.4. The van der Waals surface area contributed by atoms with Gasteiger partial charge in [0.05, 0.1) is 5.56 Å². The number of amides is 2. The number of furan rings is 1. The molecular weight excluding hydrogens is 379 g/mol. The maximum absolute atomic E-state index is 13.8. The number of benzene rings is 2. The predicted octanol–water partition coefficient (Wildman–Crippen LogP) is 3.09. The Balaban J connectivity index is 1.55. The Morgan fingerprint density at radius 2 is 1.62 bits per heavy atom. The van der Waals surface area contributed by atoms with Gasteiger partial charge in [-0.05, 0) is 43.3 Å².